The highest BCUT2D eigenvalue weighted by Crippen LogP contribution is 2.50. The minimum absolute atomic E-state index is 0.0129. The Bertz CT molecular complexity index is 1220. The number of aliphatic hydroxyl groups excluding tert-OH is 1. The van der Waals surface area contributed by atoms with Crippen molar-refractivity contribution in [3.8, 4) is 10.7 Å². The number of fused-ring (bicyclic) bond motifs is 1. The fourth-order valence-electron chi connectivity index (χ4n) is 3.91. The summed E-state index contributed by atoms with van der Waals surface area (Å²) in [5, 5.41) is 19.4. The first-order valence-corrected chi connectivity index (χ1v) is 11.9. The van der Waals surface area contributed by atoms with Crippen LogP contribution in [0.4, 0.5) is 23.2 Å². The molecule has 0 saturated carbocycles. The van der Waals surface area contributed by atoms with Crippen LogP contribution < -0.4 is 10.6 Å². The quantitative estimate of drug-likeness (QED) is 0.343. The van der Waals surface area contributed by atoms with E-state index in [1.807, 2.05) is 0 Å². The molecule has 3 N–H and O–H groups in total. The standard InChI is InChI=1S/C20H18F4N4O4S2/c21-9-4-5-31-7-12(9)25-10-3-1-2-8-14(10)33-16(15(8)34-20(22,23)24)17-27-19(32-28-17)11-6-13(29)18(30)26-11/h1-3,9,11-13,25,29H,4-7H2,(H,26,30)/t9-,11+,12+,13-/m0/s1. The van der Waals surface area contributed by atoms with Crippen LogP contribution in [0, 0.1) is 0 Å². The van der Waals surface area contributed by atoms with E-state index in [0.717, 1.165) is 11.3 Å². The van der Waals surface area contributed by atoms with E-state index in [1.165, 1.54) is 0 Å². The molecule has 0 unspecified atom stereocenters. The second-order valence-electron chi connectivity index (χ2n) is 7.89. The maximum Gasteiger partial charge on any atom is 0.446 e. The van der Waals surface area contributed by atoms with E-state index in [2.05, 4.69) is 20.8 Å². The number of ether oxygens (including phenoxy) is 1. The minimum Gasteiger partial charge on any atom is -0.383 e. The maximum absolute atomic E-state index is 14.3. The number of carbonyl (C=O) groups is 1. The predicted octanol–water partition coefficient (Wildman–Crippen LogP) is 4.02. The number of carbonyl (C=O) groups excluding carboxylic acids is 1. The number of aromatic nitrogens is 2. The molecule has 5 rings (SSSR count). The summed E-state index contributed by atoms with van der Waals surface area (Å²) < 4.78 is 65.7. The van der Waals surface area contributed by atoms with Gasteiger partial charge in [0.1, 0.15) is 18.3 Å². The number of benzene rings is 1. The number of aliphatic hydroxyl groups is 1. The Hall–Kier alpha value is -2.42. The third-order valence-corrected chi connectivity index (χ3v) is 7.75. The van der Waals surface area contributed by atoms with E-state index in [4.69, 9.17) is 9.26 Å². The minimum atomic E-state index is -4.58. The summed E-state index contributed by atoms with van der Waals surface area (Å²) in [5.41, 5.74) is -4.10. The topological polar surface area (TPSA) is 110 Å². The zero-order chi connectivity index (χ0) is 24.0. The van der Waals surface area contributed by atoms with Crippen molar-refractivity contribution < 1.29 is 36.7 Å². The molecule has 1 aromatic carbocycles. The summed E-state index contributed by atoms with van der Waals surface area (Å²) >= 11 is 0.731. The molecule has 4 heterocycles. The molecule has 2 aliphatic heterocycles. The average molecular weight is 519 g/mol. The second-order valence-corrected chi connectivity index (χ2v) is 9.99. The van der Waals surface area contributed by atoms with Crippen LogP contribution in [0.5, 0.6) is 0 Å². The van der Waals surface area contributed by atoms with Crippen LogP contribution in [0.3, 0.4) is 0 Å². The fourth-order valence-corrected chi connectivity index (χ4v) is 6.01. The van der Waals surface area contributed by atoms with Crippen molar-refractivity contribution in [2.75, 3.05) is 18.5 Å². The van der Waals surface area contributed by atoms with Gasteiger partial charge in [0.25, 0.3) is 0 Å². The van der Waals surface area contributed by atoms with Crippen LogP contribution in [0.15, 0.2) is 27.6 Å². The van der Waals surface area contributed by atoms with Gasteiger partial charge in [-0.2, -0.15) is 18.2 Å². The molecule has 4 atom stereocenters. The Morgan fingerprint density at radius 2 is 2.15 bits per heavy atom. The monoisotopic (exact) mass is 518 g/mol. The van der Waals surface area contributed by atoms with E-state index in [-0.39, 0.29) is 52.7 Å². The largest absolute Gasteiger partial charge is 0.446 e. The van der Waals surface area contributed by atoms with Crippen LogP contribution in [0.1, 0.15) is 24.8 Å². The molecule has 2 aliphatic rings. The molecule has 3 aromatic rings. The van der Waals surface area contributed by atoms with Gasteiger partial charge in [0, 0.05) is 29.7 Å². The summed E-state index contributed by atoms with van der Waals surface area (Å²) in [7, 11) is 0. The van der Waals surface area contributed by atoms with E-state index < -0.39 is 35.8 Å². The van der Waals surface area contributed by atoms with Crippen molar-refractivity contribution in [1.82, 2.24) is 15.5 Å². The van der Waals surface area contributed by atoms with E-state index >= 15 is 0 Å². The van der Waals surface area contributed by atoms with Gasteiger partial charge in [-0.15, -0.1) is 11.3 Å². The first-order chi connectivity index (χ1) is 16.2. The maximum atomic E-state index is 14.3. The van der Waals surface area contributed by atoms with Crippen LogP contribution in [0.25, 0.3) is 20.8 Å². The third-order valence-electron chi connectivity index (χ3n) is 5.52. The number of hydrogen-bond acceptors (Lipinski definition) is 9. The molecule has 0 bridgehead atoms. The zero-order valence-corrected chi connectivity index (χ0v) is 18.9. The van der Waals surface area contributed by atoms with Gasteiger partial charge in [-0.05, 0) is 17.8 Å². The first kappa shape index (κ1) is 23.3. The SMILES string of the molecule is O=C1N[C@@H](c2nc(-c3sc4c(N[C@@H]5COCC[C@@H]5F)cccc4c3SC(F)(F)F)no2)C[C@@H]1O. The lowest BCUT2D eigenvalue weighted by Crippen LogP contribution is -2.39. The Labute approximate surface area is 198 Å². The van der Waals surface area contributed by atoms with E-state index in [9.17, 15) is 27.5 Å². The van der Waals surface area contributed by atoms with Crippen LogP contribution in [-0.2, 0) is 9.53 Å². The number of alkyl halides is 4. The van der Waals surface area contributed by atoms with Gasteiger partial charge < -0.3 is 25.0 Å². The normalized spacial score (nSPS) is 25.6. The summed E-state index contributed by atoms with van der Waals surface area (Å²) in [6.45, 7) is 0.463. The summed E-state index contributed by atoms with van der Waals surface area (Å²) in [6, 6.07) is 3.45. The Morgan fingerprint density at radius 1 is 1.32 bits per heavy atom. The van der Waals surface area contributed by atoms with Gasteiger partial charge in [-0.1, -0.05) is 17.3 Å². The molecule has 2 aromatic heterocycles. The summed E-state index contributed by atoms with van der Waals surface area (Å²) in [4.78, 5) is 15.8. The first-order valence-electron chi connectivity index (χ1n) is 10.3. The van der Waals surface area contributed by atoms with Crippen molar-refractivity contribution in [3.63, 3.8) is 0 Å². The number of halogens is 4. The van der Waals surface area contributed by atoms with Crippen LogP contribution in [0.2, 0.25) is 0 Å². The molecular weight excluding hydrogens is 500 g/mol. The molecule has 0 radical (unpaired) electrons. The lowest BCUT2D eigenvalue weighted by Gasteiger charge is -2.27. The number of nitrogens with one attached hydrogen (secondary N) is 2. The van der Waals surface area contributed by atoms with Crippen molar-refractivity contribution in [1.29, 1.82) is 0 Å². The van der Waals surface area contributed by atoms with Crippen LogP contribution in [-0.4, -0.2) is 58.2 Å². The highest BCUT2D eigenvalue weighted by atomic mass is 32.2. The van der Waals surface area contributed by atoms with E-state index in [0.29, 0.717) is 22.4 Å². The molecule has 2 fully saturated rings. The third kappa shape index (κ3) is 4.59. The van der Waals surface area contributed by atoms with Crippen LogP contribution >= 0.6 is 23.1 Å². The highest BCUT2D eigenvalue weighted by Gasteiger charge is 2.37. The molecule has 0 aliphatic carbocycles. The molecule has 2 saturated heterocycles. The highest BCUT2D eigenvalue weighted by molar-refractivity contribution is 8.00. The lowest BCUT2D eigenvalue weighted by atomic mass is 10.1. The Kier molecular flexibility index (Phi) is 6.16. The van der Waals surface area contributed by atoms with Gasteiger partial charge in [0.15, 0.2) is 0 Å². The molecule has 1 amide bonds. The van der Waals surface area contributed by atoms with Gasteiger partial charge >= 0.3 is 5.51 Å². The number of hydrogen-bond donors (Lipinski definition) is 3. The number of thioether (sulfide) groups is 1. The second kappa shape index (κ2) is 8.98. The zero-order valence-electron chi connectivity index (χ0n) is 17.3. The van der Waals surface area contributed by atoms with Gasteiger partial charge in [-0.25, -0.2) is 4.39 Å². The number of thiophene rings is 1. The molecule has 182 valence electrons. The van der Waals surface area contributed by atoms with Crippen molar-refractivity contribution in [2.24, 2.45) is 0 Å². The fraction of sp³-hybridized carbons (Fsp3) is 0.450. The van der Waals surface area contributed by atoms with Gasteiger partial charge in [0.2, 0.25) is 17.6 Å². The number of amides is 1. The summed E-state index contributed by atoms with van der Waals surface area (Å²) in [6.07, 6.45) is -2.13. The van der Waals surface area contributed by atoms with Crippen molar-refractivity contribution in [3.05, 3.63) is 24.1 Å². The Morgan fingerprint density at radius 3 is 2.85 bits per heavy atom. The lowest BCUT2D eigenvalue weighted by molar-refractivity contribution is -0.126. The van der Waals surface area contributed by atoms with Crippen molar-refractivity contribution in [2.45, 2.75) is 47.6 Å². The van der Waals surface area contributed by atoms with E-state index in [1.54, 1.807) is 18.2 Å². The Balaban J connectivity index is 1.54. The molecular formula is C20H18F4N4O4S2. The molecule has 34 heavy (non-hydrogen) atoms. The van der Waals surface area contributed by atoms with Gasteiger partial charge in [0.05, 0.1) is 27.9 Å². The number of anilines is 1. The average Bonchev–Trinajstić information content (AvgIpc) is 3.47. The molecule has 0 spiro atoms. The van der Waals surface area contributed by atoms with Gasteiger partial charge in [-0.3, -0.25) is 4.79 Å². The predicted molar refractivity (Wildman–Crippen MR) is 116 cm³/mol. The smallest absolute Gasteiger partial charge is 0.383 e. The summed E-state index contributed by atoms with van der Waals surface area (Å²) in [5.74, 6) is -0.680. The number of rotatable bonds is 5. The number of nitrogens with zero attached hydrogens (tertiary/aromatic N) is 2. The van der Waals surface area contributed by atoms with Crippen molar-refractivity contribution >= 4 is 44.8 Å². The molecule has 14 heteroatoms. The molecule has 8 nitrogen and oxygen atoms in total.